The predicted octanol–water partition coefficient (Wildman–Crippen LogP) is 14.5. The van der Waals surface area contributed by atoms with Gasteiger partial charge in [0, 0.05) is 49.9 Å². The number of nitrogens with zero attached hydrogens (tertiary/aromatic N) is 3. The highest BCUT2D eigenvalue weighted by atomic mass is 16.3. The van der Waals surface area contributed by atoms with Crippen molar-refractivity contribution in [2.24, 2.45) is 0 Å². The van der Waals surface area contributed by atoms with Gasteiger partial charge in [-0.2, -0.15) is 0 Å². The van der Waals surface area contributed by atoms with E-state index >= 15 is 0 Å². The number of aromatic nitrogens is 2. The lowest BCUT2D eigenvalue weighted by Gasteiger charge is -2.28. The normalized spacial score (nSPS) is 11.5. The molecule has 2 aromatic heterocycles. The third kappa shape index (κ3) is 5.58. The number of benzene rings is 9. The summed E-state index contributed by atoms with van der Waals surface area (Å²) >= 11 is 0. The highest BCUT2D eigenvalue weighted by molar-refractivity contribution is 6.11. The van der Waals surface area contributed by atoms with E-state index in [0.29, 0.717) is 5.89 Å². The molecule has 0 aliphatic rings. The molecule has 0 amide bonds. The molecule has 0 radical (unpaired) electrons. The van der Waals surface area contributed by atoms with Crippen LogP contribution in [-0.4, -0.2) is 9.55 Å². The molecule has 268 valence electrons. The molecular formula is C53H35N3O. The summed E-state index contributed by atoms with van der Waals surface area (Å²) in [6.45, 7) is 0. The molecule has 0 atom stereocenters. The van der Waals surface area contributed by atoms with Crippen LogP contribution in [0.5, 0.6) is 0 Å². The second-order valence-corrected chi connectivity index (χ2v) is 14.4. The van der Waals surface area contributed by atoms with Crippen molar-refractivity contribution in [3.05, 3.63) is 212 Å². The molecule has 0 saturated heterocycles. The van der Waals surface area contributed by atoms with Crippen molar-refractivity contribution >= 4 is 60.7 Å². The number of oxazole rings is 1. The lowest BCUT2D eigenvalue weighted by Crippen LogP contribution is -2.11. The molecule has 11 rings (SSSR count). The van der Waals surface area contributed by atoms with E-state index < -0.39 is 0 Å². The van der Waals surface area contributed by atoms with Gasteiger partial charge in [0.05, 0.1) is 16.7 Å². The van der Waals surface area contributed by atoms with Crippen LogP contribution in [0.15, 0.2) is 217 Å². The second kappa shape index (κ2) is 13.6. The molecule has 11 aromatic rings. The summed E-state index contributed by atoms with van der Waals surface area (Å²) < 4.78 is 8.89. The lowest BCUT2D eigenvalue weighted by molar-refractivity contribution is 0.623. The van der Waals surface area contributed by atoms with Gasteiger partial charge >= 0.3 is 0 Å². The molecule has 0 fully saturated rings. The number of para-hydroxylation sites is 3. The number of hydrogen-bond donors (Lipinski definition) is 0. The second-order valence-electron chi connectivity index (χ2n) is 14.4. The number of hydrogen-bond acceptors (Lipinski definition) is 3. The number of anilines is 3. The standard InChI is InChI=1S/C53H35N3O/c1-3-15-36(16-4-1)43-20-9-12-24-48(43)55(41-31-33-42(34-32-41)56-49-25-13-10-22-45(49)46-23-11-14-26-50(46)56)40-29-27-37(28-30-40)47-35-39-19-7-8-21-44(39)52-51(47)54-53(57-52)38-17-5-2-6-18-38/h1-35H. The van der Waals surface area contributed by atoms with Crippen LogP contribution in [0.4, 0.5) is 17.1 Å². The van der Waals surface area contributed by atoms with Gasteiger partial charge in [0.2, 0.25) is 5.89 Å². The van der Waals surface area contributed by atoms with Gasteiger partial charge in [-0.05, 0) is 89.3 Å². The van der Waals surface area contributed by atoms with Gasteiger partial charge in [0.25, 0.3) is 0 Å². The van der Waals surface area contributed by atoms with Gasteiger partial charge in [-0.15, -0.1) is 0 Å². The molecule has 0 bridgehead atoms. The Morgan fingerprint density at radius 1 is 0.421 bits per heavy atom. The molecule has 0 aliphatic heterocycles. The van der Waals surface area contributed by atoms with E-state index in [9.17, 15) is 0 Å². The molecule has 0 aliphatic carbocycles. The average molecular weight is 730 g/mol. The first-order valence-electron chi connectivity index (χ1n) is 19.3. The van der Waals surface area contributed by atoms with Crippen molar-refractivity contribution in [2.75, 3.05) is 4.90 Å². The summed E-state index contributed by atoms with van der Waals surface area (Å²) in [5, 5.41) is 4.67. The van der Waals surface area contributed by atoms with Crippen molar-refractivity contribution in [1.29, 1.82) is 0 Å². The fourth-order valence-corrected chi connectivity index (χ4v) is 8.36. The SMILES string of the molecule is c1ccc(-c2nc3c(-c4ccc(N(c5ccc(-n6c7ccccc7c7ccccc76)cc5)c5ccccc5-c5ccccc5)cc4)cc4ccccc4c3o2)cc1. The van der Waals surface area contributed by atoms with Crippen molar-refractivity contribution in [2.45, 2.75) is 0 Å². The fraction of sp³-hybridized carbons (Fsp3) is 0. The molecule has 57 heavy (non-hydrogen) atoms. The summed E-state index contributed by atoms with van der Waals surface area (Å²) in [6.07, 6.45) is 0. The minimum atomic E-state index is 0.618. The van der Waals surface area contributed by atoms with Crippen LogP contribution in [0.25, 0.3) is 83.1 Å². The van der Waals surface area contributed by atoms with Crippen LogP contribution >= 0.6 is 0 Å². The summed E-state index contributed by atoms with van der Waals surface area (Å²) in [7, 11) is 0. The Labute approximate surface area is 330 Å². The van der Waals surface area contributed by atoms with Crippen molar-refractivity contribution < 1.29 is 4.42 Å². The van der Waals surface area contributed by atoms with Gasteiger partial charge in [-0.1, -0.05) is 140 Å². The van der Waals surface area contributed by atoms with Crippen LogP contribution in [0, 0.1) is 0 Å². The Morgan fingerprint density at radius 2 is 0.947 bits per heavy atom. The van der Waals surface area contributed by atoms with Gasteiger partial charge in [-0.25, -0.2) is 4.98 Å². The molecular weight excluding hydrogens is 695 g/mol. The number of fused-ring (bicyclic) bond motifs is 6. The fourth-order valence-electron chi connectivity index (χ4n) is 8.36. The maximum atomic E-state index is 6.53. The quantitative estimate of drug-likeness (QED) is 0.164. The van der Waals surface area contributed by atoms with Crippen LogP contribution < -0.4 is 4.90 Å². The van der Waals surface area contributed by atoms with Crippen LogP contribution in [0.1, 0.15) is 0 Å². The maximum Gasteiger partial charge on any atom is 0.227 e. The monoisotopic (exact) mass is 729 g/mol. The third-order valence-electron chi connectivity index (χ3n) is 11.0. The first-order valence-corrected chi connectivity index (χ1v) is 19.3. The Kier molecular flexibility index (Phi) is 7.78. The molecule has 4 nitrogen and oxygen atoms in total. The summed E-state index contributed by atoms with van der Waals surface area (Å²) in [4.78, 5) is 7.46. The Balaban J connectivity index is 1.06. The average Bonchev–Trinajstić information content (AvgIpc) is 3.89. The van der Waals surface area contributed by atoms with Crippen LogP contribution in [-0.2, 0) is 0 Å². The van der Waals surface area contributed by atoms with Gasteiger partial charge in [-0.3, -0.25) is 0 Å². The van der Waals surface area contributed by atoms with E-state index in [1.165, 1.54) is 21.8 Å². The largest absolute Gasteiger partial charge is 0.435 e. The molecule has 9 aromatic carbocycles. The van der Waals surface area contributed by atoms with Crippen LogP contribution in [0.2, 0.25) is 0 Å². The van der Waals surface area contributed by atoms with Gasteiger partial charge < -0.3 is 13.9 Å². The Hall–Kier alpha value is -7.69. The topological polar surface area (TPSA) is 34.2 Å². The number of rotatable bonds is 7. The van der Waals surface area contributed by atoms with Crippen LogP contribution in [0.3, 0.4) is 0 Å². The Bertz CT molecular complexity index is 3160. The zero-order valence-electron chi connectivity index (χ0n) is 31.0. The summed E-state index contributed by atoms with van der Waals surface area (Å²) in [5.74, 6) is 0.618. The van der Waals surface area contributed by atoms with Crippen molar-refractivity contribution in [1.82, 2.24) is 9.55 Å². The predicted molar refractivity (Wildman–Crippen MR) is 237 cm³/mol. The van der Waals surface area contributed by atoms with Crippen molar-refractivity contribution in [3.63, 3.8) is 0 Å². The smallest absolute Gasteiger partial charge is 0.227 e. The van der Waals surface area contributed by atoms with E-state index in [2.05, 4.69) is 191 Å². The van der Waals surface area contributed by atoms with Gasteiger partial charge in [0.15, 0.2) is 5.58 Å². The highest BCUT2D eigenvalue weighted by Crippen LogP contribution is 2.43. The molecule has 0 saturated carbocycles. The molecule has 2 heterocycles. The molecule has 0 N–H and O–H groups in total. The zero-order chi connectivity index (χ0) is 37.7. The van der Waals surface area contributed by atoms with Gasteiger partial charge in [0.1, 0.15) is 5.52 Å². The summed E-state index contributed by atoms with van der Waals surface area (Å²) in [6, 6.07) is 75.1. The Morgan fingerprint density at radius 3 is 1.63 bits per heavy atom. The highest BCUT2D eigenvalue weighted by Gasteiger charge is 2.20. The summed E-state index contributed by atoms with van der Waals surface area (Å²) in [5.41, 5.74) is 13.7. The van der Waals surface area contributed by atoms with E-state index in [1.807, 2.05) is 30.3 Å². The van der Waals surface area contributed by atoms with E-state index in [0.717, 1.165) is 72.4 Å². The molecule has 0 spiro atoms. The minimum Gasteiger partial charge on any atom is -0.435 e. The van der Waals surface area contributed by atoms with E-state index in [-0.39, 0.29) is 0 Å². The van der Waals surface area contributed by atoms with Crippen molar-refractivity contribution in [3.8, 4) is 39.4 Å². The molecule has 4 heteroatoms. The first kappa shape index (κ1) is 32.7. The molecule has 0 unspecified atom stereocenters. The third-order valence-corrected chi connectivity index (χ3v) is 11.0. The zero-order valence-corrected chi connectivity index (χ0v) is 31.0. The van der Waals surface area contributed by atoms with E-state index in [1.54, 1.807) is 0 Å². The lowest BCUT2D eigenvalue weighted by atomic mass is 9.98. The minimum absolute atomic E-state index is 0.618. The first-order chi connectivity index (χ1) is 28.3. The maximum absolute atomic E-state index is 6.53. The van der Waals surface area contributed by atoms with E-state index in [4.69, 9.17) is 9.40 Å².